The van der Waals surface area contributed by atoms with Gasteiger partial charge in [0.05, 0.1) is 0 Å². The van der Waals surface area contributed by atoms with Crippen LogP contribution in [0.2, 0.25) is 0 Å². The molecule has 0 amide bonds. The second kappa shape index (κ2) is 5.74. The fourth-order valence-electron chi connectivity index (χ4n) is 2.16. The van der Waals surface area contributed by atoms with Gasteiger partial charge in [-0.15, -0.1) is 0 Å². The molecule has 17 heavy (non-hydrogen) atoms. The molecule has 1 atom stereocenters. The van der Waals surface area contributed by atoms with Gasteiger partial charge < -0.3 is 5.32 Å². The van der Waals surface area contributed by atoms with Crippen LogP contribution in [0.1, 0.15) is 24.8 Å². The molecule has 1 aliphatic heterocycles. The summed E-state index contributed by atoms with van der Waals surface area (Å²) >= 11 is 3.20. The van der Waals surface area contributed by atoms with E-state index in [0.717, 1.165) is 19.4 Å². The van der Waals surface area contributed by atoms with Gasteiger partial charge in [0, 0.05) is 23.4 Å². The third kappa shape index (κ3) is 3.61. The minimum Gasteiger partial charge on any atom is -0.314 e. The fraction of sp³-hybridized carbons (Fsp3) is 0.462. The zero-order valence-corrected chi connectivity index (χ0v) is 11.1. The van der Waals surface area contributed by atoms with Gasteiger partial charge in [0.1, 0.15) is 11.6 Å². The van der Waals surface area contributed by atoms with Crippen molar-refractivity contribution in [1.82, 2.24) is 5.32 Å². The number of halogens is 2. The Morgan fingerprint density at radius 2 is 2.35 bits per heavy atom. The fourth-order valence-corrected chi connectivity index (χ4v) is 2.49. The van der Waals surface area contributed by atoms with Gasteiger partial charge in [0.15, 0.2) is 0 Å². The van der Waals surface area contributed by atoms with E-state index >= 15 is 0 Å². The summed E-state index contributed by atoms with van der Waals surface area (Å²) in [6, 6.07) is 5.12. The maximum Gasteiger partial charge on any atom is 0.138 e. The second-order valence-electron chi connectivity index (χ2n) is 4.45. The number of hydrogen-bond acceptors (Lipinski definition) is 2. The normalized spacial score (nSPS) is 19.5. The van der Waals surface area contributed by atoms with E-state index in [0.29, 0.717) is 22.5 Å². The first kappa shape index (κ1) is 12.7. The molecule has 1 aliphatic rings. The van der Waals surface area contributed by atoms with E-state index in [4.69, 9.17) is 0 Å². The van der Waals surface area contributed by atoms with Gasteiger partial charge in [0.2, 0.25) is 0 Å². The van der Waals surface area contributed by atoms with Crippen LogP contribution in [-0.4, -0.2) is 18.4 Å². The Kier molecular flexibility index (Phi) is 4.29. The SMILES string of the molecule is O=C(Cc1ccc(Br)cc1F)CC1CCCN1. The van der Waals surface area contributed by atoms with Crippen LogP contribution in [0.3, 0.4) is 0 Å². The molecule has 2 rings (SSSR count). The Bertz CT molecular complexity index is 416. The van der Waals surface area contributed by atoms with E-state index in [-0.39, 0.29) is 18.0 Å². The van der Waals surface area contributed by atoms with Crippen molar-refractivity contribution in [2.24, 2.45) is 0 Å². The van der Waals surface area contributed by atoms with Gasteiger partial charge in [-0.3, -0.25) is 4.79 Å². The number of carbonyl (C=O) groups excluding carboxylic acids is 1. The third-order valence-electron chi connectivity index (χ3n) is 3.04. The molecule has 0 radical (unpaired) electrons. The molecule has 0 aromatic heterocycles. The average molecular weight is 300 g/mol. The summed E-state index contributed by atoms with van der Waals surface area (Å²) in [7, 11) is 0. The molecule has 0 bridgehead atoms. The molecule has 4 heteroatoms. The predicted octanol–water partition coefficient (Wildman–Crippen LogP) is 2.84. The van der Waals surface area contributed by atoms with Crippen molar-refractivity contribution in [3.8, 4) is 0 Å². The van der Waals surface area contributed by atoms with Gasteiger partial charge in [-0.25, -0.2) is 4.39 Å². The van der Waals surface area contributed by atoms with E-state index in [1.165, 1.54) is 6.07 Å². The lowest BCUT2D eigenvalue weighted by molar-refractivity contribution is -0.118. The van der Waals surface area contributed by atoms with E-state index in [1.807, 2.05) is 0 Å². The van der Waals surface area contributed by atoms with E-state index in [1.54, 1.807) is 12.1 Å². The Morgan fingerprint density at radius 3 is 3.00 bits per heavy atom. The van der Waals surface area contributed by atoms with Gasteiger partial charge in [-0.1, -0.05) is 22.0 Å². The quantitative estimate of drug-likeness (QED) is 0.926. The largest absolute Gasteiger partial charge is 0.314 e. The van der Waals surface area contributed by atoms with Crippen LogP contribution in [-0.2, 0) is 11.2 Å². The van der Waals surface area contributed by atoms with Crippen molar-refractivity contribution in [2.45, 2.75) is 31.7 Å². The second-order valence-corrected chi connectivity index (χ2v) is 5.36. The Hall–Kier alpha value is -0.740. The molecule has 0 saturated carbocycles. The molecule has 1 saturated heterocycles. The van der Waals surface area contributed by atoms with E-state index in [9.17, 15) is 9.18 Å². The first-order valence-corrected chi connectivity index (χ1v) is 6.63. The zero-order chi connectivity index (χ0) is 12.3. The van der Waals surface area contributed by atoms with Crippen molar-refractivity contribution >= 4 is 21.7 Å². The van der Waals surface area contributed by atoms with Crippen LogP contribution in [0.25, 0.3) is 0 Å². The molecule has 1 unspecified atom stereocenters. The highest BCUT2D eigenvalue weighted by atomic mass is 79.9. The van der Waals surface area contributed by atoms with Crippen LogP contribution in [0.15, 0.2) is 22.7 Å². The lowest BCUT2D eigenvalue weighted by atomic mass is 10.0. The summed E-state index contributed by atoms with van der Waals surface area (Å²) in [5.74, 6) is -0.210. The van der Waals surface area contributed by atoms with Crippen LogP contribution in [0.5, 0.6) is 0 Å². The maximum atomic E-state index is 13.5. The van der Waals surface area contributed by atoms with Gasteiger partial charge >= 0.3 is 0 Å². The molecular weight excluding hydrogens is 285 g/mol. The Balaban J connectivity index is 1.93. The highest BCUT2D eigenvalue weighted by Gasteiger charge is 2.18. The minimum atomic E-state index is -0.313. The Morgan fingerprint density at radius 1 is 1.53 bits per heavy atom. The molecule has 1 aromatic rings. The predicted molar refractivity (Wildman–Crippen MR) is 68.5 cm³/mol. The monoisotopic (exact) mass is 299 g/mol. The summed E-state index contributed by atoms with van der Waals surface area (Å²) < 4.78 is 14.2. The van der Waals surface area contributed by atoms with E-state index < -0.39 is 0 Å². The highest BCUT2D eigenvalue weighted by Crippen LogP contribution is 2.17. The summed E-state index contributed by atoms with van der Waals surface area (Å²) in [6.45, 7) is 0.991. The van der Waals surface area contributed by atoms with Crippen LogP contribution in [0.4, 0.5) is 4.39 Å². The van der Waals surface area contributed by atoms with Crippen LogP contribution >= 0.6 is 15.9 Å². The molecule has 1 aromatic carbocycles. The van der Waals surface area contributed by atoms with Crippen molar-refractivity contribution in [2.75, 3.05) is 6.54 Å². The average Bonchev–Trinajstić information content (AvgIpc) is 2.75. The number of benzene rings is 1. The third-order valence-corrected chi connectivity index (χ3v) is 3.53. The molecule has 1 fully saturated rings. The Labute approximate surface area is 109 Å². The molecule has 0 spiro atoms. The number of carbonyl (C=O) groups is 1. The summed E-state index contributed by atoms with van der Waals surface area (Å²) in [6.07, 6.45) is 2.88. The van der Waals surface area contributed by atoms with Gasteiger partial charge in [-0.05, 0) is 37.1 Å². The summed E-state index contributed by atoms with van der Waals surface area (Å²) in [4.78, 5) is 11.8. The van der Waals surface area contributed by atoms with Crippen molar-refractivity contribution in [3.63, 3.8) is 0 Å². The molecule has 2 nitrogen and oxygen atoms in total. The first-order valence-electron chi connectivity index (χ1n) is 5.84. The number of hydrogen-bond donors (Lipinski definition) is 1. The lowest BCUT2D eigenvalue weighted by Crippen LogP contribution is -2.25. The molecule has 1 N–H and O–H groups in total. The van der Waals surface area contributed by atoms with Crippen LogP contribution in [0, 0.1) is 5.82 Å². The smallest absolute Gasteiger partial charge is 0.138 e. The van der Waals surface area contributed by atoms with Crippen molar-refractivity contribution in [3.05, 3.63) is 34.1 Å². The number of Topliss-reactive ketones (excluding diaryl/α,β-unsaturated/α-hetero) is 1. The first-order chi connectivity index (χ1) is 8.15. The van der Waals surface area contributed by atoms with Gasteiger partial charge in [0.25, 0.3) is 0 Å². The summed E-state index contributed by atoms with van der Waals surface area (Å²) in [5, 5.41) is 3.27. The lowest BCUT2D eigenvalue weighted by Gasteiger charge is -2.09. The number of nitrogens with one attached hydrogen (secondary N) is 1. The maximum absolute atomic E-state index is 13.5. The number of ketones is 1. The van der Waals surface area contributed by atoms with Crippen molar-refractivity contribution < 1.29 is 9.18 Å². The topological polar surface area (TPSA) is 29.1 Å². The van der Waals surface area contributed by atoms with E-state index in [2.05, 4.69) is 21.2 Å². The number of rotatable bonds is 4. The molecule has 1 heterocycles. The summed E-state index contributed by atoms with van der Waals surface area (Å²) in [5.41, 5.74) is 0.483. The van der Waals surface area contributed by atoms with Gasteiger partial charge in [-0.2, -0.15) is 0 Å². The standard InChI is InChI=1S/C13H15BrFNO/c14-10-4-3-9(13(15)7-10)6-12(17)8-11-2-1-5-16-11/h3-4,7,11,16H,1-2,5-6,8H2. The zero-order valence-electron chi connectivity index (χ0n) is 9.51. The molecule has 0 aliphatic carbocycles. The van der Waals surface area contributed by atoms with Crippen LogP contribution < -0.4 is 5.32 Å². The highest BCUT2D eigenvalue weighted by molar-refractivity contribution is 9.10. The molecular formula is C13H15BrFNO. The van der Waals surface area contributed by atoms with Crippen molar-refractivity contribution in [1.29, 1.82) is 0 Å². The minimum absolute atomic E-state index is 0.102. The molecule has 92 valence electrons.